The number of carbonyl (C=O) groups excluding carboxylic acids is 2. The first-order valence-electron chi connectivity index (χ1n) is 4.50. The van der Waals surface area contributed by atoms with Gasteiger partial charge in [0.1, 0.15) is 0 Å². The Bertz CT molecular complexity index is 210. The van der Waals surface area contributed by atoms with Crippen LogP contribution in [-0.2, 0) is 19.1 Å². The van der Waals surface area contributed by atoms with Crippen LogP contribution in [0.5, 0.6) is 0 Å². The van der Waals surface area contributed by atoms with Crippen molar-refractivity contribution in [2.45, 2.75) is 32.3 Å². The molecule has 1 unspecified atom stereocenters. The van der Waals surface area contributed by atoms with Crippen molar-refractivity contribution in [3.8, 4) is 0 Å². The molecule has 0 aliphatic heterocycles. The molecule has 0 aromatic heterocycles. The molecule has 0 rings (SSSR count). The monoisotopic (exact) mass is 200 g/mol. The summed E-state index contributed by atoms with van der Waals surface area (Å²) in [5.74, 6) is -0.678. The lowest BCUT2D eigenvalue weighted by atomic mass is 10.2. The average Bonchev–Trinajstić information content (AvgIpc) is 2.17. The third kappa shape index (κ3) is 6.22. The van der Waals surface area contributed by atoms with E-state index < -0.39 is 5.97 Å². The lowest BCUT2D eigenvalue weighted by molar-refractivity contribution is -0.142. The number of ether oxygens (including phenoxy) is 2. The summed E-state index contributed by atoms with van der Waals surface area (Å²) in [6.45, 7) is 5.06. The minimum atomic E-state index is -0.435. The van der Waals surface area contributed by atoms with E-state index in [1.807, 2.05) is 0 Å². The molecule has 0 radical (unpaired) electrons. The molecule has 4 nitrogen and oxygen atoms in total. The van der Waals surface area contributed by atoms with E-state index >= 15 is 0 Å². The third-order valence-corrected chi connectivity index (χ3v) is 1.70. The predicted molar refractivity (Wildman–Crippen MR) is 51.6 cm³/mol. The van der Waals surface area contributed by atoms with Crippen LogP contribution < -0.4 is 0 Å². The van der Waals surface area contributed by atoms with Gasteiger partial charge in [-0.2, -0.15) is 0 Å². The molecule has 80 valence electrons. The normalized spacial score (nSPS) is 11.6. The Morgan fingerprint density at radius 3 is 2.64 bits per heavy atom. The SMILES string of the molecule is C=CC(=O)OC(C)CCCC(=O)OC. The van der Waals surface area contributed by atoms with Gasteiger partial charge in [-0.25, -0.2) is 4.79 Å². The van der Waals surface area contributed by atoms with E-state index in [2.05, 4.69) is 11.3 Å². The second-order valence-electron chi connectivity index (χ2n) is 2.92. The molecule has 0 N–H and O–H groups in total. The molecule has 0 aromatic carbocycles. The fraction of sp³-hybridized carbons (Fsp3) is 0.600. The first-order chi connectivity index (χ1) is 6.60. The van der Waals surface area contributed by atoms with E-state index in [1.165, 1.54) is 7.11 Å². The summed E-state index contributed by atoms with van der Waals surface area (Å²) in [6, 6.07) is 0. The van der Waals surface area contributed by atoms with Crippen LogP contribution in [0, 0.1) is 0 Å². The van der Waals surface area contributed by atoms with Crippen LogP contribution in [0.1, 0.15) is 26.2 Å². The summed E-state index contributed by atoms with van der Waals surface area (Å²) >= 11 is 0. The van der Waals surface area contributed by atoms with Gasteiger partial charge in [-0.3, -0.25) is 4.79 Å². The van der Waals surface area contributed by atoms with Gasteiger partial charge in [0.05, 0.1) is 13.2 Å². The van der Waals surface area contributed by atoms with Crippen LogP contribution in [0.4, 0.5) is 0 Å². The third-order valence-electron chi connectivity index (χ3n) is 1.70. The summed E-state index contributed by atoms with van der Waals surface area (Å²) in [6.07, 6.45) is 2.58. The molecule has 0 heterocycles. The van der Waals surface area contributed by atoms with Crippen molar-refractivity contribution in [1.82, 2.24) is 0 Å². The fourth-order valence-electron chi connectivity index (χ4n) is 0.941. The highest BCUT2D eigenvalue weighted by Gasteiger charge is 2.07. The number of rotatable bonds is 6. The van der Waals surface area contributed by atoms with Gasteiger partial charge in [0.2, 0.25) is 0 Å². The van der Waals surface area contributed by atoms with E-state index in [0.29, 0.717) is 19.3 Å². The Balaban J connectivity index is 3.53. The predicted octanol–water partition coefficient (Wildman–Crippen LogP) is 1.45. The molecule has 1 atom stereocenters. The van der Waals surface area contributed by atoms with Gasteiger partial charge in [-0.1, -0.05) is 6.58 Å². The molecule has 0 aliphatic rings. The van der Waals surface area contributed by atoms with Gasteiger partial charge in [-0.05, 0) is 19.8 Å². The largest absolute Gasteiger partial charge is 0.469 e. The fourth-order valence-corrected chi connectivity index (χ4v) is 0.941. The summed E-state index contributed by atoms with van der Waals surface area (Å²) in [7, 11) is 1.35. The van der Waals surface area contributed by atoms with Gasteiger partial charge in [0.25, 0.3) is 0 Å². The Hall–Kier alpha value is -1.32. The van der Waals surface area contributed by atoms with Crippen molar-refractivity contribution in [2.24, 2.45) is 0 Å². The first kappa shape index (κ1) is 12.7. The maximum absolute atomic E-state index is 10.7. The second kappa shape index (κ2) is 7.12. The van der Waals surface area contributed by atoms with Crippen molar-refractivity contribution in [1.29, 1.82) is 0 Å². The summed E-state index contributed by atoms with van der Waals surface area (Å²) in [4.78, 5) is 21.5. The standard InChI is InChI=1S/C10H16O4/c1-4-9(11)14-8(2)6-5-7-10(12)13-3/h4,8H,1,5-7H2,2-3H3. The molecule has 0 fully saturated rings. The van der Waals surface area contributed by atoms with Crippen LogP contribution in [0.25, 0.3) is 0 Å². The van der Waals surface area contributed by atoms with Gasteiger partial charge >= 0.3 is 11.9 Å². The number of hydrogen-bond donors (Lipinski definition) is 0. The number of methoxy groups -OCH3 is 1. The maximum atomic E-state index is 10.7. The molecular formula is C10H16O4. The van der Waals surface area contributed by atoms with Crippen molar-refractivity contribution >= 4 is 11.9 Å². The molecule has 0 saturated carbocycles. The second-order valence-corrected chi connectivity index (χ2v) is 2.92. The first-order valence-corrected chi connectivity index (χ1v) is 4.50. The Labute approximate surface area is 83.9 Å². The maximum Gasteiger partial charge on any atom is 0.330 e. The highest BCUT2D eigenvalue weighted by atomic mass is 16.5. The van der Waals surface area contributed by atoms with Gasteiger partial charge in [-0.15, -0.1) is 0 Å². The van der Waals surface area contributed by atoms with Crippen LogP contribution in [-0.4, -0.2) is 25.2 Å². The van der Waals surface area contributed by atoms with Crippen LogP contribution in [0.2, 0.25) is 0 Å². The zero-order chi connectivity index (χ0) is 11.0. The highest BCUT2D eigenvalue weighted by molar-refractivity contribution is 5.81. The number of carbonyl (C=O) groups is 2. The molecule has 0 amide bonds. The van der Waals surface area contributed by atoms with E-state index in [1.54, 1.807) is 6.92 Å². The molecule has 0 bridgehead atoms. The van der Waals surface area contributed by atoms with Crippen LogP contribution >= 0.6 is 0 Å². The molecule has 0 saturated heterocycles. The lowest BCUT2D eigenvalue weighted by Gasteiger charge is -2.10. The Morgan fingerprint density at radius 1 is 1.50 bits per heavy atom. The lowest BCUT2D eigenvalue weighted by Crippen LogP contribution is -2.13. The van der Waals surface area contributed by atoms with E-state index in [0.717, 1.165) is 6.08 Å². The quantitative estimate of drug-likeness (QED) is 0.481. The van der Waals surface area contributed by atoms with Gasteiger partial charge < -0.3 is 9.47 Å². The van der Waals surface area contributed by atoms with Crippen molar-refractivity contribution in [2.75, 3.05) is 7.11 Å². The Morgan fingerprint density at radius 2 is 2.14 bits per heavy atom. The molecule has 0 aliphatic carbocycles. The molecule has 0 aromatic rings. The summed E-state index contributed by atoms with van der Waals surface area (Å²) in [5, 5.41) is 0. The van der Waals surface area contributed by atoms with E-state index in [9.17, 15) is 9.59 Å². The molecule has 0 spiro atoms. The minimum Gasteiger partial charge on any atom is -0.469 e. The van der Waals surface area contributed by atoms with Crippen LogP contribution in [0.15, 0.2) is 12.7 Å². The van der Waals surface area contributed by atoms with Gasteiger partial charge in [0, 0.05) is 12.5 Å². The van der Waals surface area contributed by atoms with Crippen LogP contribution in [0.3, 0.4) is 0 Å². The molecular weight excluding hydrogens is 184 g/mol. The average molecular weight is 200 g/mol. The van der Waals surface area contributed by atoms with Crippen molar-refractivity contribution in [3.05, 3.63) is 12.7 Å². The smallest absolute Gasteiger partial charge is 0.330 e. The van der Waals surface area contributed by atoms with E-state index in [4.69, 9.17) is 4.74 Å². The summed E-state index contributed by atoms with van der Waals surface area (Å²) < 4.78 is 9.38. The number of hydrogen-bond acceptors (Lipinski definition) is 4. The van der Waals surface area contributed by atoms with Crippen molar-refractivity contribution < 1.29 is 19.1 Å². The number of esters is 2. The molecule has 4 heteroatoms. The summed E-state index contributed by atoms with van der Waals surface area (Å²) in [5.41, 5.74) is 0. The van der Waals surface area contributed by atoms with E-state index in [-0.39, 0.29) is 12.1 Å². The highest BCUT2D eigenvalue weighted by Crippen LogP contribution is 2.05. The topological polar surface area (TPSA) is 52.6 Å². The van der Waals surface area contributed by atoms with Gasteiger partial charge in [0.15, 0.2) is 0 Å². The Kier molecular flexibility index (Phi) is 6.45. The zero-order valence-corrected chi connectivity index (χ0v) is 8.62. The molecule has 14 heavy (non-hydrogen) atoms. The van der Waals surface area contributed by atoms with Crippen molar-refractivity contribution in [3.63, 3.8) is 0 Å². The minimum absolute atomic E-state index is 0.190. The zero-order valence-electron chi connectivity index (χ0n) is 8.62.